The molecule has 0 spiro atoms. The van der Waals surface area contributed by atoms with Gasteiger partial charge in [-0.15, -0.1) is 0 Å². The molecule has 9 heteroatoms. The highest BCUT2D eigenvalue weighted by Gasteiger charge is 2.28. The molecule has 3 atom stereocenters. The summed E-state index contributed by atoms with van der Waals surface area (Å²) in [7, 11) is 1.64. The van der Waals surface area contributed by atoms with Crippen molar-refractivity contribution in [3.8, 4) is 0 Å². The van der Waals surface area contributed by atoms with Gasteiger partial charge >= 0.3 is 7.82 Å². The number of hydrogen-bond acceptors (Lipinski definition) is 5. The molecule has 0 aromatic rings. The van der Waals surface area contributed by atoms with Crippen LogP contribution in [0, 0.1) is 0 Å². The summed E-state index contributed by atoms with van der Waals surface area (Å²) >= 11 is 0. The number of unbranched alkanes of at least 4 members (excludes halogenated alkanes) is 50. The number of aliphatic hydroxyl groups excluding tert-OH is 1. The van der Waals surface area contributed by atoms with Crippen molar-refractivity contribution in [1.82, 2.24) is 5.32 Å². The zero-order chi connectivity index (χ0) is 62.6. The van der Waals surface area contributed by atoms with Crippen molar-refractivity contribution < 1.29 is 32.9 Å². The normalized spacial score (nSPS) is 13.8. The molecule has 0 saturated heterocycles. The van der Waals surface area contributed by atoms with E-state index in [0.717, 1.165) is 64.2 Å². The summed E-state index contributed by atoms with van der Waals surface area (Å²) in [5.41, 5.74) is 0. The van der Waals surface area contributed by atoms with Gasteiger partial charge in [0.2, 0.25) is 5.91 Å². The van der Waals surface area contributed by atoms with E-state index in [1.807, 2.05) is 21.1 Å². The van der Waals surface area contributed by atoms with Crippen molar-refractivity contribution in [2.75, 3.05) is 40.9 Å². The topological polar surface area (TPSA) is 105 Å². The van der Waals surface area contributed by atoms with Crippen LogP contribution in [-0.2, 0) is 18.4 Å². The number of quaternary nitrogens is 1. The molecular weight excluding hydrogens is 1080 g/mol. The minimum absolute atomic E-state index is 0.0768. The second-order valence-corrected chi connectivity index (χ2v) is 28.8. The van der Waals surface area contributed by atoms with Crippen LogP contribution in [0.3, 0.4) is 0 Å². The largest absolute Gasteiger partial charge is 0.472 e. The zero-order valence-electron chi connectivity index (χ0n) is 58.3. The van der Waals surface area contributed by atoms with Gasteiger partial charge in [-0.05, 0) is 51.4 Å². The number of nitrogens with zero attached hydrogens (tertiary/aromatic N) is 1. The predicted molar refractivity (Wildman–Crippen MR) is 378 cm³/mol. The average molecular weight is 1230 g/mol. The van der Waals surface area contributed by atoms with Gasteiger partial charge in [-0.1, -0.05) is 377 Å². The standard InChI is InChI=1S/C77H149N2O6P/c1-6-8-10-12-14-16-18-20-22-24-26-28-30-32-34-36-37-38-39-40-41-43-45-47-49-51-53-55-57-59-61-63-65-67-69-71-77(81)78-75(74-85-86(82,83)84-73-72-79(3,4)5)76(80)70-68-66-64-62-60-58-56-54-52-50-48-46-44-42-35-33-31-29-27-25-23-21-19-17-15-13-11-9-7-2/h8,10,14,16,20,22,26,28,75-76,80H,6-7,9,11-13,15,17-19,21,23-25,27,29-74H2,1-5H3,(H-,78,81,82,83)/p+1/b10-8-,16-14-,22-20-,28-26-. The quantitative estimate of drug-likeness (QED) is 0.0243. The van der Waals surface area contributed by atoms with Crippen LogP contribution in [0.1, 0.15) is 386 Å². The molecule has 0 aliphatic heterocycles. The van der Waals surface area contributed by atoms with Gasteiger partial charge in [0.1, 0.15) is 13.2 Å². The Kier molecular flexibility index (Phi) is 66.6. The number of phosphoric acid groups is 1. The van der Waals surface area contributed by atoms with Crippen molar-refractivity contribution in [3.63, 3.8) is 0 Å². The van der Waals surface area contributed by atoms with Gasteiger partial charge in [0.05, 0.1) is 39.9 Å². The molecule has 0 aromatic heterocycles. The zero-order valence-corrected chi connectivity index (χ0v) is 59.2. The molecule has 0 fully saturated rings. The summed E-state index contributed by atoms with van der Waals surface area (Å²) in [6, 6.07) is -0.761. The van der Waals surface area contributed by atoms with Gasteiger partial charge in [-0.25, -0.2) is 4.57 Å². The van der Waals surface area contributed by atoms with Crippen molar-refractivity contribution in [2.45, 2.75) is 398 Å². The van der Waals surface area contributed by atoms with Crippen LogP contribution in [0.2, 0.25) is 0 Å². The number of aliphatic hydroxyl groups is 1. The number of carbonyl (C=O) groups is 1. The summed E-state index contributed by atoms with van der Waals surface area (Å²) in [6.07, 6.45) is 92.4. The van der Waals surface area contributed by atoms with E-state index in [4.69, 9.17) is 9.05 Å². The molecule has 0 rings (SSSR count). The van der Waals surface area contributed by atoms with E-state index in [0.29, 0.717) is 23.9 Å². The predicted octanol–water partition coefficient (Wildman–Crippen LogP) is 24.6. The highest BCUT2D eigenvalue weighted by Crippen LogP contribution is 2.43. The lowest BCUT2D eigenvalue weighted by molar-refractivity contribution is -0.870. The fourth-order valence-electron chi connectivity index (χ4n) is 11.8. The molecule has 1 amide bonds. The van der Waals surface area contributed by atoms with Crippen LogP contribution in [0.5, 0.6) is 0 Å². The fourth-order valence-corrected chi connectivity index (χ4v) is 12.5. The lowest BCUT2D eigenvalue weighted by Gasteiger charge is -2.26. The van der Waals surface area contributed by atoms with Crippen molar-refractivity contribution >= 4 is 13.7 Å². The second-order valence-electron chi connectivity index (χ2n) is 27.4. The fraction of sp³-hybridized carbons (Fsp3) is 0.883. The maximum Gasteiger partial charge on any atom is 0.472 e. The van der Waals surface area contributed by atoms with Gasteiger partial charge in [0.15, 0.2) is 0 Å². The Hall–Kier alpha value is -1.54. The van der Waals surface area contributed by atoms with Gasteiger partial charge in [0.25, 0.3) is 0 Å². The van der Waals surface area contributed by atoms with Gasteiger partial charge in [-0.3, -0.25) is 13.8 Å². The number of rotatable bonds is 71. The molecule has 3 unspecified atom stereocenters. The molecule has 0 heterocycles. The summed E-state index contributed by atoms with van der Waals surface area (Å²) in [5.74, 6) is -0.136. The Balaban J connectivity index is 3.94. The number of likely N-dealkylation sites (N-methyl/N-ethyl adjacent to an activating group) is 1. The third-order valence-electron chi connectivity index (χ3n) is 17.6. The number of nitrogens with one attached hydrogen (secondary N) is 1. The van der Waals surface area contributed by atoms with Crippen molar-refractivity contribution in [3.05, 3.63) is 48.6 Å². The molecular formula is C77H150N2O6P+. The molecule has 0 radical (unpaired) electrons. The summed E-state index contributed by atoms with van der Waals surface area (Å²) in [6.45, 7) is 4.84. The van der Waals surface area contributed by atoms with E-state index in [1.165, 1.54) is 295 Å². The Bertz CT molecular complexity index is 1540. The Labute approximate surface area is 537 Å². The maximum absolute atomic E-state index is 13.1. The highest BCUT2D eigenvalue weighted by molar-refractivity contribution is 7.47. The van der Waals surface area contributed by atoms with Crippen LogP contribution < -0.4 is 5.32 Å². The van der Waals surface area contributed by atoms with E-state index in [9.17, 15) is 19.4 Å². The van der Waals surface area contributed by atoms with Crippen LogP contribution >= 0.6 is 7.82 Å². The Morgan fingerprint density at radius 2 is 0.698 bits per heavy atom. The van der Waals surface area contributed by atoms with Crippen LogP contribution in [0.4, 0.5) is 0 Å². The van der Waals surface area contributed by atoms with E-state index in [1.54, 1.807) is 0 Å². The molecule has 0 aromatic carbocycles. The lowest BCUT2D eigenvalue weighted by atomic mass is 10.0. The van der Waals surface area contributed by atoms with Gasteiger partial charge < -0.3 is 19.8 Å². The minimum atomic E-state index is -4.33. The van der Waals surface area contributed by atoms with E-state index in [2.05, 4.69) is 67.8 Å². The molecule has 0 aliphatic rings. The number of hydrogen-bond donors (Lipinski definition) is 3. The molecule has 0 aliphatic carbocycles. The first-order valence-corrected chi connectivity index (χ1v) is 39.5. The molecule has 0 saturated carbocycles. The average Bonchev–Trinajstić information content (AvgIpc) is 3.70. The number of carbonyl (C=O) groups excluding carboxylic acids is 1. The number of phosphoric ester groups is 1. The lowest BCUT2D eigenvalue weighted by Crippen LogP contribution is -2.46. The van der Waals surface area contributed by atoms with Crippen LogP contribution in [-0.4, -0.2) is 73.4 Å². The first kappa shape index (κ1) is 84.5. The summed E-state index contributed by atoms with van der Waals surface area (Å²) in [5, 5.41) is 14.2. The third-order valence-corrected chi connectivity index (χ3v) is 18.6. The summed E-state index contributed by atoms with van der Waals surface area (Å²) < 4.78 is 23.9. The third kappa shape index (κ3) is 69.9. The second kappa shape index (κ2) is 67.8. The summed E-state index contributed by atoms with van der Waals surface area (Å²) in [4.78, 5) is 23.5. The SMILES string of the molecule is CC/C=C\C/C=C\C/C=C\C/C=C\CCCCCCCCCCCCCCCCCCCCCCCCC(=O)NC(COP(=O)(O)OCC[N+](C)(C)C)C(O)CCCCCCCCCCCCCCCCCCCCCCCCCCCCCCC. The Morgan fingerprint density at radius 3 is 1.02 bits per heavy atom. The molecule has 0 bridgehead atoms. The Morgan fingerprint density at radius 1 is 0.407 bits per heavy atom. The minimum Gasteiger partial charge on any atom is -0.391 e. The molecule has 86 heavy (non-hydrogen) atoms. The monoisotopic (exact) mass is 1230 g/mol. The number of amides is 1. The first-order valence-electron chi connectivity index (χ1n) is 38.0. The van der Waals surface area contributed by atoms with Gasteiger partial charge in [-0.2, -0.15) is 0 Å². The van der Waals surface area contributed by atoms with Crippen molar-refractivity contribution in [2.24, 2.45) is 0 Å². The van der Waals surface area contributed by atoms with E-state index < -0.39 is 20.0 Å². The van der Waals surface area contributed by atoms with Gasteiger partial charge in [0, 0.05) is 6.42 Å². The molecule has 3 N–H and O–H groups in total. The van der Waals surface area contributed by atoms with Crippen LogP contribution in [0.25, 0.3) is 0 Å². The van der Waals surface area contributed by atoms with E-state index in [-0.39, 0.29) is 19.1 Å². The number of allylic oxidation sites excluding steroid dienone is 8. The highest BCUT2D eigenvalue weighted by atomic mass is 31.2. The van der Waals surface area contributed by atoms with E-state index >= 15 is 0 Å². The van der Waals surface area contributed by atoms with Crippen molar-refractivity contribution in [1.29, 1.82) is 0 Å². The molecule has 508 valence electrons. The maximum atomic E-state index is 13.1. The molecule has 8 nitrogen and oxygen atoms in total. The smallest absolute Gasteiger partial charge is 0.391 e. The first-order chi connectivity index (χ1) is 42.0. The van der Waals surface area contributed by atoms with Crippen LogP contribution in [0.15, 0.2) is 48.6 Å².